The lowest BCUT2D eigenvalue weighted by Crippen LogP contribution is -1.93. The van der Waals surface area contributed by atoms with E-state index in [1.54, 1.807) is 32.7 Å². The Labute approximate surface area is 121 Å². The lowest BCUT2D eigenvalue weighted by molar-refractivity contribution is 0.395. The highest BCUT2D eigenvalue weighted by molar-refractivity contribution is 6.05. The molecule has 0 saturated carbocycles. The minimum absolute atomic E-state index is 0.187. The molecule has 0 amide bonds. The molecule has 1 aromatic carbocycles. The number of furan rings is 1. The molecule has 0 aliphatic rings. The van der Waals surface area contributed by atoms with E-state index in [9.17, 15) is 0 Å². The highest BCUT2D eigenvalue weighted by Crippen LogP contribution is 2.41. The topological polar surface area (TPSA) is 96.5 Å². The van der Waals surface area contributed by atoms with E-state index in [1.807, 2.05) is 12.1 Å². The highest BCUT2D eigenvalue weighted by Gasteiger charge is 2.17. The highest BCUT2D eigenvalue weighted by atomic mass is 16.5. The van der Waals surface area contributed by atoms with Crippen LogP contribution in [0.25, 0.3) is 22.1 Å². The number of benzene rings is 1. The molecule has 0 saturated heterocycles. The molecule has 21 heavy (non-hydrogen) atoms. The lowest BCUT2D eigenvalue weighted by Gasteiger charge is -2.11. The smallest absolute Gasteiger partial charge is 0.214 e. The van der Waals surface area contributed by atoms with Crippen LogP contribution >= 0.6 is 0 Å². The molecule has 6 heteroatoms. The second-order valence-electron chi connectivity index (χ2n) is 4.51. The van der Waals surface area contributed by atoms with E-state index in [4.69, 9.17) is 25.4 Å². The first-order valence-corrected chi connectivity index (χ1v) is 6.29. The van der Waals surface area contributed by atoms with Crippen LogP contribution in [-0.2, 0) is 0 Å². The number of pyridine rings is 1. The third-order valence-corrected chi connectivity index (χ3v) is 3.36. The molecule has 0 aliphatic heterocycles. The van der Waals surface area contributed by atoms with Crippen LogP contribution in [0.3, 0.4) is 0 Å². The Bertz CT molecular complexity index is 811. The molecule has 0 bridgehead atoms. The van der Waals surface area contributed by atoms with E-state index in [0.29, 0.717) is 22.8 Å². The van der Waals surface area contributed by atoms with Crippen molar-refractivity contribution in [1.29, 1.82) is 0 Å². The molecule has 0 radical (unpaired) electrons. The second kappa shape index (κ2) is 4.90. The SMILES string of the molecule is COc1ccc(-c2cncc3oc(N)c(N)c23)c(OC)c1. The zero-order chi connectivity index (χ0) is 15.0. The summed E-state index contributed by atoms with van der Waals surface area (Å²) in [6, 6.07) is 5.53. The minimum Gasteiger partial charge on any atom is -0.497 e. The number of anilines is 2. The molecule has 6 nitrogen and oxygen atoms in total. The van der Waals surface area contributed by atoms with Gasteiger partial charge in [-0.25, -0.2) is 0 Å². The molecule has 3 rings (SSSR count). The second-order valence-corrected chi connectivity index (χ2v) is 4.51. The van der Waals surface area contributed by atoms with Crippen LogP contribution in [0.5, 0.6) is 11.5 Å². The average molecular weight is 285 g/mol. The van der Waals surface area contributed by atoms with Gasteiger partial charge in [0.2, 0.25) is 5.88 Å². The first-order chi connectivity index (χ1) is 10.2. The lowest BCUT2D eigenvalue weighted by atomic mass is 10.0. The third kappa shape index (κ3) is 2.01. The zero-order valence-electron chi connectivity index (χ0n) is 11.7. The Morgan fingerprint density at radius 1 is 1.05 bits per heavy atom. The number of nitrogens with zero attached hydrogens (tertiary/aromatic N) is 1. The van der Waals surface area contributed by atoms with E-state index in [2.05, 4.69) is 4.98 Å². The molecule has 0 fully saturated rings. The van der Waals surface area contributed by atoms with Gasteiger partial charge in [-0.1, -0.05) is 0 Å². The fourth-order valence-corrected chi connectivity index (χ4v) is 2.32. The molecule has 2 heterocycles. The van der Waals surface area contributed by atoms with Crippen LogP contribution < -0.4 is 20.9 Å². The summed E-state index contributed by atoms with van der Waals surface area (Å²) in [4.78, 5) is 4.17. The fraction of sp³-hybridized carbons (Fsp3) is 0.133. The predicted octanol–water partition coefficient (Wildman–Crippen LogP) is 2.68. The Balaban J connectivity index is 2.30. The molecule has 0 unspecified atom stereocenters. The largest absolute Gasteiger partial charge is 0.497 e. The van der Waals surface area contributed by atoms with Crippen molar-refractivity contribution in [2.24, 2.45) is 0 Å². The number of methoxy groups -OCH3 is 2. The summed E-state index contributed by atoms with van der Waals surface area (Å²) in [7, 11) is 3.20. The summed E-state index contributed by atoms with van der Waals surface area (Å²) >= 11 is 0. The minimum atomic E-state index is 0.187. The maximum atomic E-state index is 6.01. The van der Waals surface area contributed by atoms with Crippen molar-refractivity contribution in [3.63, 3.8) is 0 Å². The predicted molar refractivity (Wildman–Crippen MR) is 81.4 cm³/mol. The van der Waals surface area contributed by atoms with Gasteiger partial charge in [-0.2, -0.15) is 0 Å². The number of ether oxygens (including phenoxy) is 2. The van der Waals surface area contributed by atoms with Crippen molar-refractivity contribution in [3.05, 3.63) is 30.6 Å². The van der Waals surface area contributed by atoms with Gasteiger partial charge in [0.15, 0.2) is 5.58 Å². The molecule has 4 N–H and O–H groups in total. The van der Waals surface area contributed by atoms with Gasteiger partial charge in [-0.05, 0) is 12.1 Å². The van der Waals surface area contributed by atoms with Gasteiger partial charge >= 0.3 is 0 Å². The van der Waals surface area contributed by atoms with Crippen LogP contribution in [0.1, 0.15) is 0 Å². The van der Waals surface area contributed by atoms with Crippen molar-refractivity contribution in [3.8, 4) is 22.6 Å². The maximum absolute atomic E-state index is 6.01. The molecule has 0 aliphatic carbocycles. The summed E-state index contributed by atoms with van der Waals surface area (Å²) in [5, 5.41) is 0.728. The molecule has 2 aromatic heterocycles. The molecule has 0 atom stereocenters. The third-order valence-electron chi connectivity index (χ3n) is 3.36. The first kappa shape index (κ1) is 13.1. The van der Waals surface area contributed by atoms with Gasteiger partial charge in [0.05, 0.1) is 25.8 Å². The molecular weight excluding hydrogens is 270 g/mol. The summed E-state index contributed by atoms with van der Waals surface area (Å²) in [6.45, 7) is 0. The number of hydrogen-bond donors (Lipinski definition) is 2. The van der Waals surface area contributed by atoms with Crippen molar-refractivity contribution >= 4 is 22.5 Å². The van der Waals surface area contributed by atoms with Crippen LogP contribution in [0.4, 0.5) is 11.6 Å². The number of fused-ring (bicyclic) bond motifs is 1. The fourth-order valence-electron chi connectivity index (χ4n) is 2.32. The van der Waals surface area contributed by atoms with E-state index < -0.39 is 0 Å². The number of hydrogen-bond acceptors (Lipinski definition) is 6. The van der Waals surface area contributed by atoms with Gasteiger partial charge in [-0.15, -0.1) is 0 Å². The van der Waals surface area contributed by atoms with Gasteiger partial charge in [0.1, 0.15) is 17.2 Å². The number of rotatable bonds is 3. The van der Waals surface area contributed by atoms with E-state index in [-0.39, 0.29) is 5.88 Å². The molecule has 0 spiro atoms. The van der Waals surface area contributed by atoms with Gasteiger partial charge in [0.25, 0.3) is 0 Å². The summed E-state index contributed by atoms with van der Waals surface area (Å²) in [6.07, 6.45) is 3.29. The number of nitrogens with two attached hydrogens (primary N) is 2. The first-order valence-electron chi connectivity index (χ1n) is 6.29. The van der Waals surface area contributed by atoms with Crippen molar-refractivity contribution in [1.82, 2.24) is 4.98 Å². The van der Waals surface area contributed by atoms with Crippen LogP contribution in [0.15, 0.2) is 35.0 Å². The average Bonchev–Trinajstić information content (AvgIpc) is 2.81. The zero-order valence-corrected chi connectivity index (χ0v) is 11.7. The maximum Gasteiger partial charge on any atom is 0.214 e. The van der Waals surface area contributed by atoms with Gasteiger partial charge in [0, 0.05) is 23.4 Å². The quantitative estimate of drug-likeness (QED) is 0.768. The van der Waals surface area contributed by atoms with Crippen LogP contribution in [-0.4, -0.2) is 19.2 Å². The Morgan fingerprint density at radius 3 is 2.57 bits per heavy atom. The van der Waals surface area contributed by atoms with Crippen LogP contribution in [0.2, 0.25) is 0 Å². The van der Waals surface area contributed by atoms with E-state index >= 15 is 0 Å². The van der Waals surface area contributed by atoms with Gasteiger partial charge in [-0.3, -0.25) is 4.98 Å². The Morgan fingerprint density at radius 2 is 1.86 bits per heavy atom. The van der Waals surface area contributed by atoms with Gasteiger partial charge < -0.3 is 25.4 Å². The van der Waals surface area contributed by atoms with Crippen molar-refractivity contribution in [2.45, 2.75) is 0 Å². The number of aromatic nitrogens is 1. The van der Waals surface area contributed by atoms with Crippen molar-refractivity contribution < 1.29 is 13.9 Å². The Kier molecular flexibility index (Phi) is 3.06. The van der Waals surface area contributed by atoms with Crippen LogP contribution in [0, 0.1) is 0 Å². The standard InChI is InChI=1S/C15H15N3O3/c1-19-8-3-4-9(11(5-8)20-2)10-6-18-7-12-13(10)14(16)15(17)21-12/h3-7H,16-17H2,1-2H3. The van der Waals surface area contributed by atoms with Crippen molar-refractivity contribution in [2.75, 3.05) is 25.7 Å². The van der Waals surface area contributed by atoms with E-state index in [0.717, 1.165) is 16.5 Å². The molecular formula is C15H15N3O3. The molecule has 3 aromatic rings. The monoisotopic (exact) mass is 285 g/mol. The summed E-state index contributed by atoms with van der Waals surface area (Å²) in [5.41, 5.74) is 14.3. The Hall–Kier alpha value is -2.89. The molecule has 108 valence electrons. The summed E-state index contributed by atoms with van der Waals surface area (Å²) < 4.78 is 16.0. The van der Waals surface area contributed by atoms with E-state index in [1.165, 1.54) is 0 Å². The number of nitrogen functional groups attached to an aromatic ring is 2. The normalized spacial score (nSPS) is 10.8. The summed E-state index contributed by atoms with van der Waals surface area (Å²) in [5.74, 6) is 1.55.